The molecule has 0 aliphatic carbocycles. The van der Waals surface area contributed by atoms with Crippen molar-refractivity contribution in [3.63, 3.8) is 0 Å². The van der Waals surface area contributed by atoms with E-state index in [1.165, 1.54) is 23.5 Å². The fraction of sp³-hybridized carbons (Fsp3) is 0.455. The fourth-order valence-electron chi connectivity index (χ4n) is 3.58. The molecule has 1 aromatic carbocycles. The number of carbonyl (C=O) groups is 2. The van der Waals surface area contributed by atoms with Crippen molar-refractivity contribution < 1.29 is 14.0 Å². The second-order valence-electron chi connectivity index (χ2n) is 7.76. The molecule has 1 atom stereocenters. The van der Waals surface area contributed by atoms with Gasteiger partial charge in [0.2, 0.25) is 5.91 Å². The van der Waals surface area contributed by atoms with Crippen molar-refractivity contribution in [2.75, 3.05) is 40.3 Å². The number of likely N-dealkylation sites (tertiary alicyclic amines) is 1. The third kappa shape index (κ3) is 5.87. The molecule has 156 valence electrons. The first-order chi connectivity index (χ1) is 13.9. The van der Waals surface area contributed by atoms with Gasteiger partial charge in [-0.15, -0.1) is 11.3 Å². The van der Waals surface area contributed by atoms with Crippen LogP contribution in [0.1, 0.15) is 28.1 Å². The first kappa shape index (κ1) is 21.5. The molecular formula is C22H28FN3O2S. The Bertz CT molecular complexity index is 808. The number of halogens is 1. The summed E-state index contributed by atoms with van der Waals surface area (Å²) in [6, 6.07) is 9.99. The Balaban J connectivity index is 1.69. The molecule has 2 aromatic rings. The number of amides is 2. The number of carbonyl (C=O) groups excluding carboxylic acids is 2. The largest absolute Gasteiger partial charge is 0.337 e. The van der Waals surface area contributed by atoms with Crippen molar-refractivity contribution in [2.24, 2.45) is 5.92 Å². The van der Waals surface area contributed by atoms with Crippen molar-refractivity contribution in [1.82, 2.24) is 14.7 Å². The molecule has 1 aliphatic heterocycles. The molecule has 7 heteroatoms. The maximum absolute atomic E-state index is 13.3. The zero-order valence-electron chi connectivity index (χ0n) is 17.0. The van der Waals surface area contributed by atoms with Gasteiger partial charge in [-0.2, -0.15) is 0 Å². The topological polar surface area (TPSA) is 43.9 Å². The molecule has 1 fully saturated rings. The van der Waals surface area contributed by atoms with E-state index < -0.39 is 0 Å². The van der Waals surface area contributed by atoms with Gasteiger partial charge in [-0.3, -0.25) is 9.59 Å². The number of hydrogen-bond acceptors (Lipinski definition) is 4. The molecule has 3 rings (SSSR count). The minimum atomic E-state index is -0.282. The lowest BCUT2D eigenvalue weighted by molar-refractivity contribution is -0.137. The van der Waals surface area contributed by atoms with E-state index in [1.54, 1.807) is 17.0 Å². The van der Waals surface area contributed by atoms with Crippen LogP contribution in [0.15, 0.2) is 41.8 Å². The Morgan fingerprint density at radius 3 is 2.59 bits per heavy atom. The van der Waals surface area contributed by atoms with Gasteiger partial charge in [-0.25, -0.2) is 4.39 Å². The highest BCUT2D eigenvalue weighted by Crippen LogP contribution is 2.23. The number of benzene rings is 1. The Labute approximate surface area is 175 Å². The van der Waals surface area contributed by atoms with Crippen LogP contribution < -0.4 is 0 Å². The van der Waals surface area contributed by atoms with Gasteiger partial charge in [0.25, 0.3) is 5.91 Å². The van der Waals surface area contributed by atoms with Crippen molar-refractivity contribution in [1.29, 1.82) is 0 Å². The average molecular weight is 418 g/mol. The first-order valence-corrected chi connectivity index (χ1v) is 10.8. The van der Waals surface area contributed by atoms with Crippen LogP contribution in [0.25, 0.3) is 0 Å². The van der Waals surface area contributed by atoms with Gasteiger partial charge in [0.1, 0.15) is 5.82 Å². The minimum absolute atomic E-state index is 0.0101. The van der Waals surface area contributed by atoms with Gasteiger partial charge in [0.15, 0.2) is 0 Å². The zero-order chi connectivity index (χ0) is 20.8. The number of thiophene rings is 1. The van der Waals surface area contributed by atoms with Crippen LogP contribution in [-0.2, 0) is 11.3 Å². The molecule has 0 radical (unpaired) electrons. The monoisotopic (exact) mass is 417 g/mol. The highest BCUT2D eigenvalue weighted by atomic mass is 32.1. The maximum atomic E-state index is 13.3. The highest BCUT2D eigenvalue weighted by molar-refractivity contribution is 7.12. The Hall–Kier alpha value is -2.25. The standard InChI is InChI=1S/C22H28FN3O2S/c1-24(2)12-13-26(15-17-7-9-19(23)10-8-17)21(27)18-5-3-11-25(16-18)22(28)20-6-4-14-29-20/h4,6-10,14,18H,3,5,11-13,15-16H2,1-2H3. The van der Waals surface area contributed by atoms with E-state index in [4.69, 9.17) is 0 Å². The summed E-state index contributed by atoms with van der Waals surface area (Å²) in [6.07, 6.45) is 1.61. The van der Waals surface area contributed by atoms with E-state index in [0.717, 1.165) is 24.9 Å². The Kier molecular flexibility index (Phi) is 7.39. The molecule has 1 aromatic heterocycles. The molecule has 0 N–H and O–H groups in total. The predicted molar refractivity (Wildman–Crippen MR) is 113 cm³/mol. The number of hydrogen-bond donors (Lipinski definition) is 0. The number of nitrogens with zero attached hydrogens (tertiary/aromatic N) is 3. The van der Waals surface area contributed by atoms with Crippen molar-refractivity contribution >= 4 is 23.2 Å². The summed E-state index contributed by atoms with van der Waals surface area (Å²) in [5, 5.41) is 1.89. The Morgan fingerprint density at radius 1 is 1.17 bits per heavy atom. The SMILES string of the molecule is CN(C)CCN(Cc1ccc(F)cc1)C(=O)C1CCCN(C(=O)c2cccs2)C1. The normalized spacial score (nSPS) is 16.8. The molecule has 0 spiro atoms. The first-order valence-electron chi connectivity index (χ1n) is 9.95. The fourth-order valence-corrected chi connectivity index (χ4v) is 4.27. The molecule has 1 saturated heterocycles. The van der Waals surface area contributed by atoms with Crippen LogP contribution in [0, 0.1) is 11.7 Å². The van der Waals surface area contributed by atoms with Crippen LogP contribution in [0.2, 0.25) is 0 Å². The summed E-state index contributed by atoms with van der Waals surface area (Å²) in [6.45, 7) is 2.94. The van der Waals surface area contributed by atoms with Crippen LogP contribution in [0.4, 0.5) is 4.39 Å². The number of likely N-dealkylation sites (N-methyl/N-ethyl adjacent to an activating group) is 1. The predicted octanol–water partition coefficient (Wildman–Crippen LogP) is 3.33. The summed E-state index contributed by atoms with van der Waals surface area (Å²) in [4.78, 5) is 32.4. The van der Waals surface area contributed by atoms with Gasteiger partial charge in [0, 0.05) is 32.7 Å². The van der Waals surface area contributed by atoms with E-state index >= 15 is 0 Å². The minimum Gasteiger partial charge on any atom is -0.337 e. The van der Waals surface area contributed by atoms with Gasteiger partial charge < -0.3 is 14.7 Å². The van der Waals surface area contributed by atoms with Gasteiger partial charge >= 0.3 is 0 Å². The van der Waals surface area contributed by atoms with E-state index in [1.807, 2.05) is 41.4 Å². The van der Waals surface area contributed by atoms with E-state index in [0.29, 0.717) is 31.1 Å². The molecule has 5 nitrogen and oxygen atoms in total. The average Bonchev–Trinajstić information content (AvgIpc) is 3.26. The van der Waals surface area contributed by atoms with E-state index in [9.17, 15) is 14.0 Å². The molecule has 29 heavy (non-hydrogen) atoms. The second-order valence-corrected chi connectivity index (χ2v) is 8.70. The van der Waals surface area contributed by atoms with Gasteiger partial charge in [0.05, 0.1) is 10.8 Å². The van der Waals surface area contributed by atoms with Crippen molar-refractivity contribution in [2.45, 2.75) is 19.4 Å². The van der Waals surface area contributed by atoms with Crippen molar-refractivity contribution in [3.05, 3.63) is 58.0 Å². The number of rotatable bonds is 7. The zero-order valence-corrected chi connectivity index (χ0v) is 17.8. The maximum Gasteiger partial charge on any atom is 0.263 e. The molecular weight excluding hydrogens is 389 g/mol. The molecule has 1 unspecified atom stereocenters. The summed E-state index contributed by atoms with van der Waals surface area (Å²) in [7, 11) is 3.95. The summed E-state index contributed by atoms with van der Waals surface area (Å²) in [5.74, 6) is -0.402. The van der Waals surface area contributed by atoms with Crippen LogP contribution in [0.5, 0.6) is 0 Å². The summed E-state index contributed by atoms with van der Waals surface area (Å²) < 4.78 is 13.2. The molecule has 0 saturated carbocycles. The third-order valence-corrected chi connectivity index (χ3v) is 6.06. The van der Waals surface area contributed by atoms with Crippen LogP contribution in [-0.4, -0.2) is 66.8 Å². The molecule has 2 heterocycles. The molecule has 2 amide bonds. The van der Waals surface area contributed by atoms with Crippen molar-refractivity contribution in [3.8, 4) is 0 Å². The van der Waals surface area contributed by atoms with Gasteiger partial charge in [-0.1, -0.05) is 18.2 Å². The highest BCUT2D eigenvalue weighted by Gasteiger charge is 2.32. The lowest BCUT2D eigenvalue weighted by atomic mass is 9.96. The number of piperidine rings is 1. The quantitative estimate of drug-likeness (QED) is 0.694. The van der Waals surface area contributed by atoms with Crippen LogP contribution in [0.3, 0.4) is 0 Å². The lowest BCUT2D eigenvalue weighted by Gasteiger charge is -2.35. The van der Waals surface area contributed by atoms with Gasteiger partial charge in [-0.05, 0) is 56.1 Å². The van der Waals surface area contributed by atoms with Crippen LogP contribution >= 0.6 is 11.3 Å². The lowest BCUT2D eigenvalue weighted by Crippen LogP contribution is -2.47. The van der Waals surface area contributed by atoms with E-state index in [-0.39, 0.29) is 23.5 Å². The summed E-state index contributed by atoms with van der Waals surface area (Å²) >= 11 is 1.43. The molecule has 1 aliphatic rings. The van der Waals surface area contributed by atoms with E-state index in [2.05, 4.69) is 0 Å². The second kappa shape index (κ2) is 9.98. The third-order valence-electron chi connectivity index (χ3n) is 5.21. The molecule has 0 bridgehead atoms. The smallest absolute Gasteiger partial charge is 0.263 e. The Morgan fingerprint density at radius 2 is 1.93 bits per heavy atom. The summed E-state index contributed by atoms with van der Waals surface area (Å²) in [5.41, 5.74) is 0.904.